The summed E-state index contributed by atoms with van der Waals surface area (Å²) < 4.78 is 0. The number of rotatable bonds is 4. The first kappa shape index (κ1) is 13.2. The van der Waals surface area contributed by atoms with Crippen molar-refractivity contribution in [2.24, 2.45) is 5.73 Å². The number of nitrogens with one attached hydrogen (secondary N) is 2. The molecule has 1 atom stereocenters. The van der Waals surface area contributed by atoms with Crippen LogP contribution in [0.3, 0.4) is 0 Å². The number of thiocarbonyl (C=S) groups is 1. The molecule has 4 N–H and O–H groups in total. The molecular formula is C11H18N4O2S. The normalized spacial score (nSPS) is 23.7. The summed E-state index contributed by atoms with van der Waals surface area (Å²) in [4.78, 5) is 25.5. The van der Waals surface area contributed by atoms with Crippen LogP contribution in [0.15, 0.2) is 0 Å². The van der Waals surface area contributed by atoms with E-state index in [-0.39, 0.29) is 17.6 Å². The largest absolute Gasteiger partial charge is 0.392 e. The zero-order valence-electron chi connectivity index (χ0n) is 10.1. The van der Waals surface area contributed by atoms with Crippen molar-refractivity contribution in [2.45, 2.75) is 31.3 Å². The Labute approximate surface area is 111 Å². The first-order chi connectivity index (χ1) is 8.56. The summed E-state index contributed by atoms with van der Waals surface area (Å²) in [5.74, 6) is -1.28. The first-order valence-corrected chi connectivity index (χ1v) is 6.58. The fourth-order valence-electron chi connectivity index (χ4n) is 2.18. The van der Waals surface area contributed by atoms with E-state index in [9.17, 15) is 9.59 Å². The number of hydrogen-bond acceptors (Lipinski definition) is 4. The number of hydrogen-bond donors (Lipinski definition) is 3. The molecule has 1 saturated carbocycles. The van der Waals surface area contributed by atoms with E-state index in [4.69, 9.17) is 5.73 Å². The number of nitrogens with zero attached hydrogens (tertiary/aromatic N) is 1. The summed E-state index contributed by atoms with van der Waals surface area (Å²) in [6.07, 6.45) is 3.43. The van der Waals surface area contributed by atoms with Gasteiger partial charge < -0.3 is 16.4 Å². The van der Waals surface area contributed by atoms with Gasteiger partial charge in [0.2, 0.25) is 0 Å². The summed E-state index contributed by atoms with van der Waals surface area (Å²) in [5, 5.41) is 5.11. The van der Waals surface area contributed by atoms with Crippen LogP contribution in [0, 0.1) is 0 Å². The number of carbonyl (C=O) groups is 2. The van der Waals surface area contributed by atoms with Gasteiger partial charge in [0.25, 0.3) is 0 Å². The summed E-state index contributed by atoms with van der Waals surface area (Å²) >= 11 is 4.62. The van der Waals surface area contributed by atoms with Crippen LogP contribution in [-0.2, 0) is 9.59 Å². The molecule has 1 aliphatic heterocycles. The molecule has 1 saturated heterocycles. The Morgan fingerprint density at radius 2 is 2.00 bits per heavy atom. The predicted molar refractivity (Wildman–Crippen MR) is 70.9 cm³/mol. The van der Waals surface area contributed by atoms with Crippen molar-refractivity contribution in [3.63, 3.8) is 0 Å². The van der Waals surface area contributed by atoms with Crippen LogP contribution in [0.5, 0.6) is 0 Å². The average Bonchev–Trinajstić information content (AvgIpc) is 3.07. The fourth-order valence-corrected chi connectivity index (χ4v) is 2.25. The minimum Gasteiger partial charge on any atom is -0.392 e. The zero-order valence-corrected chi connectivity index (χ0v) is 11.0. The van der Waals surface area contributed by atoms with E-state index in [0.29, 0.717) is 6.04 Å². The number of amides is 2. The van der Waals surface area contributed by atoms with Gasteiger partial charge in [0.15, 0.2) is 0 Å². The van der Waals surface area contributed by atoms with Gasteiger partial charge in [0, 0.05) is 25.2 Å². The molecule has 0 aromatic rings. The molecule has 0 radical (unpaired) electrons. The van der Waals surface area contributed by atoms with Gasteiger partial charge in [-0.15, -0.1) is 0 Å². The highest BCUT2D eigenvalue weighted by Crippen LogP contribution is 2.29. The molecule has 2 rings (SSSR count). The Hall–Kier alpha value is -1.21. The van der Waals surface area contributed by atoms with Crippen LogP contribution >= 0.6 is 12.2 Å². The van der Waals surface area contributed by atoms with Crippen LogP contribution in [0.25, 0.3) is 0 Å². The summed E-state index contributed by atoms with van der Waals surface area (Å²) in [6.45, 7) is 1.91. The second kappa shape index (κ2) is 5.62. The average molecular weight is 270 g/mol. The third kappa shape index (κ3) is 3.64. The summed E-state index contributed by atoms with van der Waals surface area (Å²) in [5.41, 5.74) is 5.24. The lowest BCUT2D eigenvalue weighted by Crippen LogP contribution is -2.47. The van der Waals surface area contributed by atoms with Crippen LogP contribution < -0.4 is 16.4 Å². The second-order valence-electron chi connectivity index (χ2n) is 4.83. The molecule has 0 aromatic heterocycles. The molecule has 6 nitrogen and oxygen atoms in total. The fraction of sp³-hybridized carbons (Fsp3) is 0.727. The Kier molecular flexibility index (Phi) is 4.13. The molecular weight excluding hydrogens is 252 g/mol. The quantitative estimate of drug-likeness (QED) is 0.438. The van der Waals surface area contributed by atoms with Gasteiger partial charge in [-0.1, -0.05) is 12.2 Å². The maximum atomic E-state index is 11.6. The van der Waals surface area contributed by atoms with Crippen molar-refractivity contribution in [2.75, 3.05) is 19.6 Å². The third-order valence-electron chi connectivity index (χ3n) is 3.25. The molecule has 1 aliphatic carbocycles. The molecule has 7 heteroatoms. The summed E-state index contributed by atoms with van der Waals surface area (Å²) in [7, 11) is 0. The Morgan fingerprint density at radius 1 is 1.28 bits per heavy atom. The lowest BCUT2D eigenvalue weighted by Gasteiger charge is -2.15. The Bertz CT molecular complexity index is 370. The first-order valence-electron chi connectivity index (χ1n) is 6.17. The van der Waals surface area contributed by atoms with Crippen molar-refractivity contribution >= 4 is 29.0 Å². The summed E-state index contributed by atoms with van der Waals surface area (Å²) in [6, 6.07) is 0.782. The van der Waals surface area contributed by atoms with Gasteiger partial charge in [-0.2, -0.15) is 0 Å². The van der Waals surface area contributed by atoms with E-state index in [0.717, 1.165) is 19.5 Å². The molecule has 0 spiro atoms. The molecule has 100 valence electrons. The monoisotopic (exact) mass is 270 g/mol. The van der Waals surface area contributed by atoms with Crippen molar-refractivity contribution in [3.05, 3.63) is 0 Å². The molecule has 0 bridgehead atoms. The highest BCUT2D eigenvalue weighted by atomic mass is 32.1. The maximum absolute atomic E-state index is 11.6. The van der Waals surface area contributed by atoms with Crippen LogP contribution in [0.4, 0.5) is 0 Å². The Balaban J connectivity index is 1.70. The van der Waals surface area contributed by atoms with Gasteiger partial charge in [0.1, 0.15) is 0 Å². The number of carbonyl (C=O) groups excluding carboxylic acids is 2. The van der Waals surface area contributed by atoms with Crippen molar-refractivity contribution in [3.8, 4) is 0 Å². The standard InChI is InChI=1S/C11H18N4O2S/c12-9(18)5-13-10(16)11(17)14-7-3-4-15(6-7)8-1-2-8/h7-8H,1-6H2,(H2,12,18)(H,13,16)(H,14,17). The van der Waals surface area contributed by atoms with E-state index in [2.05, 4.69) is 27.8 Å². The van der Waals surface area contributed by atoms with Crippen LogP contribution in [-0.4, -0.2) is 53.4 Å². The van der Waals surface area contributed by atoms with Gasteiger partial charge in [0.05, 0.1) is 11.5 Å². The maximum Gasteiger partial charge on any atom is 0.309 e. The molecule has 2 aliphatic rings. The molecule has 18 heavy (non-hydrogen) atoms. The van der Waals surface area contributed by atoms with Gasteiger partial charge in [-0.25, -0.2) is 0 Å². The van der Waals surface area contributed by atoms with E-state index < -0.39 is 11.8 Å². The van der Waals surface area contributed by atoms with Gasteiger partial charge in [-0.3, -0.25) is 14.5 Å². The lowest BCUT2D eigenvalue weighted by molar-refractivity contribution is -0.139. The van der Waals surface area contributed by atoms with Crippen LogP contribution in [0.2, 0.25) is 0 Å². The number of likely N-dealkylation sites (tertiary alicyclic amines) is 1. The minimum absolute atomic E-state index is 0.0560. The Morgan fingerprint density at radius 3 is 2.61 bits per heavy atom. The van der Waals surface area contributed by atoms with E-state index in [1.54, 1.807) is 0 Å². The van der Waals surface area contributed by atoms with E-state index in [1.807, 2.05) is 0 Å². The highest BCUT2D eigenvalue weighted by Gasteiger charge is 2.35. The van der Waals surface area contributed by atoms with E-state index >= 15 is 0 Å². The van der Waals surface area contributed by atoms with Crippen molar-refractivity contribution in [1.29, 1.82) is 0 Å². The zero-order chi connectivity index (χ0) is 13.1. The topological polar surface area (TPSA) is 87.5 Å². The predicted octanol–water partition coefficient (Wildman–Crippen LogP) is -1.26. The SMILES string of the molecule is NC(=S)CNC(=O)C(=O)NC1CCN(C2CC2)C1. The lowest BCUT2D eigenvalue weighted by atomic mass is 10.2. The third-order valence-corrected chi connectivity index (χ3v) is 3.39. The van der Waals surface area contributed by atoms with Crippen LogP contribution in [0.1, 0.15) is 19.3 Å². The van der Waals surface area contributed by atoms with E-state index in [1.165, 1.54) is 12.8 Å². The van der Waals surface area contributed by atoms with Crippen molar-refractivity contribution in [1.82, 2.24) is 15.5 Å². The van der Waals surface area contributed by atoms with Crippen molar-refractivity contribution < 1.29 is 9.59 Å². The molecule has 1 unspecified atom stereocenters. The smallest absolute Gasteiger partial charge is 0.309 e. The highest BCUT2D eigenvalue weighted by molar-refractivity contribution is 7.80. The second-order valence-corrected chi connectivity index (χ2v) is 5.36. The molecule has 1 heterocycles. The van der Waals surface area contributed by atoms with Gasteiger partial charge in [-0.05, 0) is 19.3 Å². The molecule has 0 aromatic carbocycles. The molecule has 2 amide bonds. The molecule has 2 fully saturated rings. The minimum atomic E-state index is -0.673. The number of nitrogens with two attached hydrogens (primary N) is 1. The van der Waals surface area contributed by atoms with Gasteiger partial charge >= 0.3 is 11.8 Å².